The molecule has 74 valence electrons. The maximum Gasteiger partial charge on any atom is 0.341 e. The van der Waals surface area contributed by atoms with Gasteiger partial charge in [-0.2, -0.15) is 0 Å². The highest BCUT2D eigenvalue weighted by atomic mass is 16.5. The van der Waals surface area contributed by atoms with Crippen LogP contribution in [0.3, 0.4) is 0 Å². The van der Waals surface area contributed by atoms with Gasteiger partial charge in [0.15, 0.2) is 12.9 Å². The summed E-state index contributed by atoms with van der Waals surface area (Å²) in [6.07, 6.45) is 0.636. The number of carbonyl (C=O) groups is 2. The smallest absolute Gasteiger partial charge is 0.341 e. The van der Waals surface area contributed by atoms with Crippen LogP contribution < -0.4 is 4.74 Å². The molecule has 14 heavy (non-hydrogen) atoms. The van der Waals surface area contributed by atoms with E-state index in [1.165, 1.54) is 0 Å². The Morgan fingerprint density at radius 2 is 2.29 bits per heavy atom. The fraction of sp³-hybridized carbons (Fsp3) is 0.200. The van der Waals surface area contributed by atoms with E-state index in [0.717, 1.165) is 5.56 Å². The number of rotatable bonds is 4. The first-order valence-corrected chi connectivity index (χ1v) is 4.04. The Hall–Kier alpha value is -1.84. The number of hydrogen-bond donors (Lipinski definition) is 1. The van der Waals surface area contributed by atoms with Crippen LogP contribution in [0.1, 0.15) is 15.9 Å². The summed E-state index contributed by atoms with van der Waals surface area (Å²) in [5, 5.41) is 8.39. The molecule has 4 heteroatoms. The lowest BCUT2D eigenvalue weighted by Gasteiger charge is -2.06. The van der Waals surface area contributed by atoms with Crippen molar-refractivity contribution in [1.29, 1.82) is 0 Å². The van der Waals surface area contributed by atoms with E-state index in [4.69, 9.17) is 9.84 Å². The van der Waals surface area contributed by atoms with Gasteiger partial charge in [-0.05, 0) is 24.6 Å². The van der Waals surface area contributed by atoms with Crippen LogP contribution in [0.15, 0.2) is 18.2 Å². The Labute approximate surface area is 81.1 Å². The zero-order valence-corrected chi connectivity index (χ0v) is 7.69. The fourth-order valence-electron chi connectivity index (χ4n) is 1.00. The SMILES string of the molecule is Cc1ccc(C=O)c(OCC(=O)O)c1. The molecule has 0 spiro atoms. The summed E-state index contributed by atoms with van der Waals surface area (Å²) in [7, 11) is 0. The third-order valence-electron chi connectivity index (χ3n) is 1.65. The molecule has 0 amide bonds. The van der Waals surface area contributed by atoms with Gasteiger partial charge in [0, 0.05) is 0 Å². The quantitative estimate of drug-likeness (QED) is 0.733. The molecule has 0 fully saturated rings. The lowest BCUT2D eigenvalue weighted by molar-refractivity contribution is -0.139. The second kappa shape index (κ2) is 4.41. The van der Waals surface area contributed by atoms with Gasteiger partial charge in [0.05, 0.1) is 5.56 Å². The van der Waals surface area contributed by atoms with Crippen molar-refractivity contribution >= 4 is 12.3 Å². The molecule has 1 aromatic rings. The summed E-state index contributed by atoms with van der Waals surface area (Å²) >= 11 is 0. The number of benzene rings is 1. The average Bonchev–Trinajstić information content (AvgIpc) is 2.15. The second-order valence-corrected chi connectivity index (χ2v) is 2.84. The van der Waals surface area contributed by atoms with Gasteiger partial charge in [-0.3, -0.25) is 4.79 Å². The van der Waals surface area contributed by atoms with E-state index in [0.29, 0.717) is 17.6 Å². The van der Waals surface area contributed by atoms with E-state index in [2.05, 4.69) is 0 Å². The number of carboxylic acid groups (broad SMARTS) is 1. The van der Waals surface area contributed by atoms with Crippen LogP contribution in [0.5, 0.6) is 5.75 Å². The molecule has 1 N–H and O–H groups in total. The van der Waals surface area contributed by atoms with E-state index in [1.807, 2.05) is 6.92 Å². The molecule has 1 rings (SSSR count). The first-order valence-electron chi connectivity index (χ1n) is 4.04. The van der Waals surface area contributed by atoms with E-state index < -0.39 is 12.6 Å². The summed E-state index contributed by atoms with van der Waals surface area (Å²) < 4.78 is 4.94. The van der Waals surface area contributed by atoms with Crippen LogP contribution in [0.25, 0.3) is 0 Å². The van der Waals surface area contributed by atoms with E-state index in [9.17, 15) is 9.59 Å². The van der Waals surface area contributed by atoms with Crippen molar-refractivity contribution in [3.05, 3.63) is 29.3 Å². The molecule has 0 saturated heterocycles. The number of aldehydes is 1. The van der Waals surface area contributed by atoms with E-state index >= 15 is 0 Å². The standard InChI is InChI=1S/C10H10O4/c1-7-2-3-8(5-11)9(4-7)14-6-10(12)13/h2-5H,6H2,1H3,(H,12,13). The minimum atomic E-state index is -1.07. The normalized spacial score (nSPS) is 9.50. The highest BCUT2D eigenvalue weighted by Crippen LogP contribution is 2.18. The summed E-state index contributed by atoms with van der Waals surface area (Å²) in [5.41, 5.74) is 1.27. The number of carboxylic acids is 1. The predicted molar refractivity (Wildman–Crippen MR) is 49.7 cm³/mol. The highest BCUT2D eigenvalue weighted by molar-refractivity contribution is 5.79. The maximum atomic E-state index is 10.6. The van der Waals surface area contributed by atoms with Crippen molar-refractivity contribution in [1.82, 2.24) is 0 Å². The van der Waals surface area contributed by atoms with Crippen LogP contribution in [0.4, 0.5) is 0 Å². The Bertz CT molecular complexity index is 357. The average molecular weight is 194 g/mol. The number of hydrogen-bond acceptors (Lipinski definition) is 3. The van der Waals surface area contributed by atoms with Crippen molar-refractivity contribution in [3.8, 4) is 5.75 Å². The van der Waals surface area contributed by atoms with Crippen LogP contribution in [0.2, 0.25) is 0 Å². The number of ether oxygens (including phenoxy) is 1. The van der Waals surface area contributed by atoms with Gasteiger partial charge in [0.25, 0.3) is 0 Å². The van der Waals surface area contributed by atoms with Crippen LogP contribution in [-0.2, 0) is 4.79 Å². The van der Waals surface area contributed by atoms with Crippen molar-refractivity contribution in [2.24, 2.45) is 0 Å². The second-order valence-electron chi connectivity index (χ2n) is 2.84. The molecule has 0 aliphatic heterocycles. The topological polar surface area (TPSA) is 63.6 Å². The molecule has 0 aromatic heterocycles. The van der Waals surface area contributed by atoms with Gasteiger partial charge >= 0.3 is 5.97 Å². The summed E-state index contributed by atoms with van der Waals surface area (Å²) in [5.74, 6) is -0.759. The molecule has 0 aliphatic carbocycles. The summed E-state index contributed by atoms with van der Waals surface area (Å²) in [6, 6.07) is 4.99. The van der Waals surface area contributed by atoms with Gasteiger partial charge in [0.1, 0.15) is 5.75 Å². The largest absolute Gasteiger partial charge is 0.481 e. The first-order chi connectivity index (χ1) is 6.63. The lowest BCUT2D eigenvalue weighted by Crippen LogP contribution is -2.10. The highest BCUT2D eigenvalue weighted by Gasteiger charge is 2.05. The maximum absolute atomic E-state index is 10.6. The Kier molecular flexibility index (Phi) is 3.23. The Balaban J connectivity index is 2.87. The summed E-state index contributed by atoms with van der Waals surface area (Å²) in [6.45, 7) is 1.40. The van der Waals surface area contributed by atoms with Crippen LogP contribution in [0, 0.1) is 6.92 Å². The van der Waals surface area contributed by atoms with Crippen molar-refractivity contribution in [2.75, 3.05) is 6.61 Å². The van der Waals surface area contributed by atoms with Gasteiger partial charge < -0.3 is 9.84 Å². The van der Waals surface area contributed by atoms with Crippen LogP contribution in [-0.4, -0.2) is 24.0 Å². The molecular weight excluding hydrogens is 184 g/mol. The van der Waals surface area contributed by atoms with Crippen molar-refractivity contribution in [2.45, 2.75) is 6.92 Å². The monoisotopic (exact) mass is 194 g/mol. The number of aliphatic carboxylic acids is 1. The van der Waals surface area contributed by atoms with Gasteiger partial charge in [-0.25, -0.2) is 4.79 Å². The van der Waals surface area contributed by atoms with Gasteiger partial charge in [-0.15, -0.1) is 0 Å². The molecule has 0 atom stereocenters. The Morgan fingerprint density at radius 1 is 1.57 bits per heavy atom. The molecular formula is C10H10O4. The summed E-state index contributed by atoms with van der Waals surface area (Å²) in [4.78, 5) is 20.8. The molecule has 0 saturated carbocycles. The lowest BCUT2D eigenvalue weighted by atomic mass is 10.1. The zero-order valence-electron chi connectivity index (χ0n) is 7.69. The van der Waals surface area contributed by atoms with Gasteiger partial charge in [0.2, 0.25) is 0 Å². The Morgan fingerprint density at radius 3 is 2.86 bits per heavy atom. The molecule has 0 heterocycles. The van der Waals surface area contributed by atoms with Crippen molar-refractivity contribution < 1.29 is 19.4 Å². The van der Waals surface area contributed by atoms with Crippen molar-refractivity contribution in [3.63, 3.8) is 0 Å². The third kappa shape index (κ3) is 2.58. The molecule has 0 bridgehead atoms. The molecule has 4 nitrogen and oxygen atoms in total. The molecule has 0 aliphatic rings. The van der Waals surface area contributed by atoms with Crippen LogP contribution >= 0.6 is 0 Å². The fourth-order valence-corrected chi connectivity index (χ4v) is 1.00. The molecule has 0 unspecified atom stereocenters. The number of carbonyl (C=O) groups excluding carboxylic acids is 1. The first kappa shape index (κ1) is 10.2. The third-order valence-corrected chi connectivity index (χ3v) is 1.65. The number of aryl methyl sites for hydroxylation is 1. The zero-order chi connectivity index (χ0) is 10.6. The van der Waals surface area contributed by atoms with Gasteiger partial charge in [-0.1, -0.05) is 6.07 Å². The molecule has 1 aromatic carbocycles. The predicted octanol–water partition coefficient (Wildman–Crippen LogP) is 1.27. The molecule has 0 radical (unpaired) electrons. The van der Waals surface area contributed by atoms with E-state index in [1.54, 1.807) is 18.2 Å². The van der Waals surface area contributed by atoms with E-state index in [-0.39, 0.29) is 0 Å². The minimum Gasteiger partial charge on any atom is -0.481 e. The minimum absolute atomic E-state index is 0.308.